The molecule has 1 unspecified atom stereocenters. The van der Waals surface area contributed by atoms with Crippen LogP contribution in [0.5, 0.6) is 0 Å². The van der Waals surface area contributed by atoms with Gasteiger partial charge in [-0.2, -0.15) is 0 Å². The summed E-state index contributed by atoms with van der Waals surface area (Å²) in [6, 6.07) is 9.28. The van der Waals surface area contributed by atoms with Crippen molar-refractivity contribution in [2.24, 2.45) is 11.3 Å². The van der Waals surface area contributed by atoms with Crippen molar-refractivity contribution in [3.63, 3.8) is 0 Å². The molecule has 26 heavy (non-hydrogen) atoms. The molecular weight excluding hydrogens is 328 g/mol. The van der Waals surface area contributed by atoms with Crippen LogP contribution in [0.3, 0.4) is 0 Å². The van der Waals surface area contributed by atoms with Crippen molar-refractivity contribution < 1.29 is 14.3 Å². The van der Waals surface area contributed by atoms with Crippen LogP contribution in [0.2, 0.25) is 0 Å². The van der Waals surface area contributed by atoms with Crippen molar-refractivity contribution in [2.75, 3.05) is 25.5 Å². The van der Waals surface area contributed by atoms with Crippen LogP contribution in [0, 0.1) is 11.3 Å². The Hall–Kier alpha value is -1.59. The first-order valence-corrected chi connectivity index (χ1v) is 10.0. The van der Waals surface area contributed by atoms with Crippen LogP contribution in [0.1, 0.15) is 31.2 Å². The Morgan fingerprint density at radius 2 is 2.19 bits per heavy atom. The van der Waals surface area contributed by atoms with Gasteiger partial charge in [-0.15, -0.1) is 0 Å². The Balaban J connectivity index is 1.54. The van der Waals surface area contributed by atoms with Crippen LogP contribution in [0.4, 0.5) is 5.69 Å². The largest absolute Gasteiger partial charge is 0.469 e. The Kier molecular flexibility index (Phi) is 2.29. The van der Waals surface area contributed by atoms with E-state index in [1.807, 2.05) is 0 Å². The van der Waals surface area contributed by atoms with E-state index in [1.54, 1.807) is 7.11 Å². The second kappa shape index (κ2) is 4.12. The number of carbonyl (C=O) groups excluding carboxylic acids is 1. The molecule has 4 heterocycles. The maximum atomic E-state index is 13.0. The summed E-state index contributed by atoms with van der Waals surface area (Å²) in [6.07, 6.45) is 4.97. The molecule has 136 valence electrons. The maximum absolute atomic E-state index is 13.0. The fraction of sp³-hybridized carbons (Fsp3) is 0.667. The Labute approximate surface area is 153 Å². The Morgan fingerprint density at radius 1 is 1.31 bits per heavy atom. The molecule has 4 aliphatic heterocycles. The van der Waals surface area contributed by atoms with Gasteiger partial charge < -0.3 is 14.8 Å². The van der Waals surface area contributed by atoms with Gasteiger partial charge in [0.2, 0.25) is 0 Å². The molecule has 0 radical (unpaired) electrons. The number of fused-ring (bicyclic) bond motifs is 4. The van der Waals surface area contributed by atoms with Gasteiger partial charge in [0.25, 0.3) is 0 Å². The van der Waals surface area contributed by atoms with E-state index in [0.717, 1.165) is 38.8 Å². The monoisotopic (exact) mass is 352 g/mol. The molecule has 1 N–H and O–H groups in total. The molecule has 5 nitrogen and oxygen atoms in total. The van der Waals surface area contributed by atoms with Gasteiger partial charge >= 0.3 is 5.97 Å². The quantitative estimate of drug-likeness (QED) is 0.618. The number of rotatable bonds is 1. The summed E-state index contributed by atoms with van der Waals surface area (Å²) in [7, 11) is 1.55. The number of hydrogen-bond donors (Lipinski definition) is 1. The topological polar surface area (TPSA) is 54.1 Å². The number of piperidine rings is 1. The molecule has 0 aromatic heterocycles. The van der Waals surface area contributed by atoms with Gasteiger partial charge in [0.05, 0.1) is 30.8 Å². The minimum absolute atomic E-state index is 0.00979. The molecule has 3 aliphatic carbocycles. The molecule has 1 aromatic rings. The van der Waals surface area contributed by atoms with Crippen LogP contribution in [-0.2, 0) is 19.7 Å². The van der Waals surface area contributed by atoms with Crippen LogP contribution in [0.25, 0.3) is 0 Å². The number of anilines is 1. The number of epoxide rings is 1. The third kappa shape index (κ3) is 1.23. The number of para-hydroxylation sites is 1. The molecule has 1 aromatic carbocycles. The molecule has 3 spiro atoms. The summed E-state index contributed by atoms with van der Waals surface area (Å²) < 4.78 is 11.5. The summed E-state index contributed by atoms with van der Waals surface area (Å²) >= 11 is 0. The fourth-order valence-electron chi connectivity index (χ4n) is 8.32. The molecule has 0 amide bonds. The molecule has 6 fully saturated rings. The average molecular weight is 352 g/mol. The standard InChI is InChI=1S/C21H24N2O3/c1-25-17(24)13-10-19-6-7-21(13)20(12-4-2-3-5-14(12)22-21)8-9-23(18(19)20)11-15-16(19)26-15/h2-5,13,15-16,18,22H,6-11H2,1H3/t13-,15-,16-,18-,19+,20?,21+/m0/s1. The number of nitrogens with zero attached hydrogens (tertiary/aromatic N) is 1. The third-order valence-corrected chi connectivity index (χ3v) is 8.94. The van der Waals surface area contributed by atoms with Gasteiger partial charge in [0.1, 0.15) is 0 Å². The predicted molar refractivity (Wildman–Crippen MR) is 94.9 cm³/mol. The fourth-order valence-corrected chi connectivity index (χ4v) is 8.32. The van der Waals surface area contributed by atoms with E-state index in [0.29, 0.717) is 18.2 Å². The van der Waals surface area contributed by atoms with Crippen LogP contribution in [0.15, 0.2) is 24.3 Å². The lowest BCUT2D eigenvalue weighted by Gasteiger charge is -2.68. The molecule has 7 atom stereocenters. The second-order valence-corrected chi connectivity index (χ2v) is 9.37. The first kappa shape index (κ1) is 14.5. The van der Waals surface area contributed by atoms with Crippen LogP contribution < -0.4 is 5.32 Å². The lowest BCUT2D eigenvalue weighted by Crippen LogP contribution is -2.78. The smallest absolute Gasteiger partial charge is 0.311 e. The highest BCUT2D eigenvalue weighted by Gasteiger charge is 2.83. The third-order valence-electron chi connectivity index (χ3n) is 8.94. The van der Waals surface area contributed by atoms with Crippen LogP contribution >= 0.6 is 0 Å². The number of methoxy groups -OCH3 is 1. The van der Waals surface area contributed by atoms with Crippen LogP contribution in [-0.4, -0.2) is 54.9 Å². The summed E-state index contributed by atoms with van der Waals surface area (Å²) in [5.41, 5.74) is 2.59. The summed E-state index contributed by atoms with van der Waals surface area (Å²) in [4.78, 5) is 15.7. The SMILES string of the molecule is COC(=O)[C@@H]1C[C@]23CC[C@@]14Nc1ccccc1C41CCN(C[C@@H]4O[C@@H]42)[C@H]13. The molecule has 2 bridgehead atoms. The van der Waals surface area contributed by atoms with E-state index in [1.165, 1.54) is 11.3 Å². The summed E-state index contributed by atoms with van der Waals surface area (Å²) in [5.74, 6) is -0.128. The van der Waals surface area contributed by atoms with Crippen molar-refractivity contribution in [2.45, 2.75) is 54.9 Å². The second-order valence-electron chi connectivity index (χ2n) is 9.37. The molecule has 3 saturated heterocycles. The van der Waals surface area contributed by atoms with Crippen molar-refractivity contribution in [1.82, 2.24) is 4.90 Å². The zero-order chi connectivity index (χ0) is 17.3. The number of esters is 1. The maximum Gasteiger partial charge on any atom is 0.311 e. The summed E-state index contributed by atoms with van der Waals surface area (Å²) in [5, 5.41) is 3.91. The van der Waals surface area contributed by atoms with Gasteiger partial charge in [0.15, 0.2) is 0 Å². The lowest BCUT2D eigenvalue weighted by molar-refractivity contribution is -0.170. The first-order chi connectivity index (χ1) is 12.7. The highest BCUT2D eigenvalue weighted by Crippen LogP contribution is 2.76. The van der Waals surface area contributed by atoms with Gasteiger partial charge in [0, 0.05) is 29.1 Å². The van der Waals surface area contributed by atoms with Gasteiger partial charge in [-0.05, 0) is 43.9 Å². The predicted octanol–water partition coefficient (Wildman–Crippen LogP) is 1.92. The minimum atomic E-state index is -0.202. The molecule has 8 rings (SSSR count). The molecular formula is C21H24N2O3. The van der Waals surface area contributed by atoms with Crippen molar-refractivity contribution >= 4 is 11.7 Å². The lowest BCUT2D eigenvalue weighted by atomic mass is 9.39. The van der Waals surface area contributed by atoms with E-state index in [9.17, 15) is 4.79 Å². The number of nitrogens with one attached hydrogen (secondary N) is 1. The number of hydrogen-bond acceptors (Lipinski definition) is 5. The average Bonchev–Trinajstić information content (AvgIpc) is 3.26. The van der Waals surface area contributed by atoms with Gasteiger partial charge in [-0.1, -0.05) is 18.2 Å². The first-order valence-electron chi connectivity index (χ1n) is 10.0. The van der Waals surface area contributed by atoms with Crippen molar-refractivity contribution in [3.05, 3.63) is 29.8 Å². The van der Waals surface area contributed by atoms with E-state index >= 15 is 0 Å². The minimum Gasteiger partial charge on any atom is -0.469 e. The highest BCUT2D eigenvalue weighted by molar-refractivity contribution is 5.81. The van der Waals surface area contributed by atoms with Gasteiger partial charge in [-0.3, -0.25) is 9.69 Å². The Morgan fingerprint density at radius 3 is 3.08 bits per heavy atom. The number of carbonyl (C=O) groups is 1. The molecule has 7 aliphatic rings. The van der Waals surface area contributed by atoms with E-state index in [-0.39, 0.29) is 28.3 Å². The molecule has 3 saturated carbocycles. The van der Waals surface area contributed by atoms with E-state index in [2.05, 4.69) is 34.5 Å². The van der Waals surface area contributed by atoms with Crippen molar-refractivity contribution in [1.29, 1.82) is 0 Å². The summed E-state index contributed by atoms with van der Waals surface area (Å²) in [6.45, 7) is 2.19. The van der Waals surface area contributed by atoms with E-state index in [4.69, 9.17) is 9.47 Å². The Bertz CT molecular complexity index is 857. The normalized spacial score (nSPS) is 51.7. The van der Waals surface area contributed by atoms with Gasteiger partial charge in [-0.25, -0.2) is 0 Å². The van der Waals surface area contributed by atoms with E-state index < -0.39 is 0 Å². The number of benzene rings is 1. The molecule has 5 heteroatoms. The van der Waals surface area contributed by atoms with Crippen molar-refractivity contribution in [3.8, 4) is 0 Å². The number of ether oxygens (including phenoxy) is 2. The zero-order valence-electron chi connectivity index (χ0n) is 15.0. The highest BCUT2D eigenvalue weighted by atomic mass is 16.6. The zero-order valence-corrected chi connectivity index (χ0v) is 15.0.